The molecule has 0 aliphatic carbocycles. The molecule has 1 saturated heterocycles. The molecule has 1 fully saturated rings. The molecule has 4 N–H and O–H groups in total. The zero-order chi connectivity index (χ0) is 15.4. The zero-order valence-corrected chi connectivity index (χ0v) is 10.8. The smallest absolute Gasteiger partial charge is 0.326 e. The summed E-state index contributed by atoms with van der Waals surface area (Å²) in [6.07, 6.45) is -1.64. The highest BCUT2D eigenvalue weighted by atomic mass is 16.4. The predicted octanol–water partition coefficient (Wildman–Crippen LogP) is -1.99. The summed E-state index contributed by atoms with van der Waals surface area (Å²) in [6, 6.07) is -2.57. The summed E-state index contributed by atoms with van der Waals surface area (Å²) in [6.45, 7) is 1.22. The van der Waals surface area contributed by atoms with Gasteiger partial charge in [-0.2, -0.15) is 0 Å². The monoisotopic (exact) mass is 288 g/mol. The average Bonchev–Trinajstić information content (AvgIpc) is 2.69. The summed E-state index contributed by atoms with van der Waals surface area (Å²) in [4.78, 5) is 45.8. The first-order chi connectivity index (χ1) is 9.22. The second-order valence-electron chi connectivity index (χ2n) is 4.57. The Bertz CT molecular complexity index is 436. The van der Waals surface area contributed by atoms with Gasteiger partial charge in [0.2, 0.25) is 11.8 Å². The molecule has 0 unspecified atom stereocenters. The maximum atomic E-state index is 11.9. The van der Waals surface area contributed by atoms with Gasteiger partial charge in [-0.15, -0.1) is 0 Å². The van der Waals surface area contributed by atoms with Gasteiger partial charge in [-0.1, -0.05) is 0 Å². The molecule has 0 bridgehead atoms. The van der Waals surface area contributed by atoms with Crippen molar-refractivity contribution in [2.75, 3.05) is 6.54 Å². The minimum atomic E-state index is -1.58. The lowest BCUT2D eigenvalue weighted by Crippen LogP contribution is -2.51. The Kier molecular flexibility index (Phi) is 5.03. The number of carboxylic acid groups (broad SMARTS) is 2. The van der Waals surface area contributed by atoms with Crippen molar-refractivity contribution in [1.29, 1.82) is 0 Å². The molecule has 3 atom stereocenters. The SMILES string of the molecule is CC(=O)N1C[C@H](O)C[C@H]1C(=O)N[C@H](CC(=O)O)C(=O)O. The topological polar surface area (TPSA) is 144 Å². The van der Waals surface area contributed by atoms with Crippen LogP contribution in [-0.4, -0.2) is 68.7 Å². The predicted molar refractivity (Wildman–Crippen MR) is 63.6 cm³/mol. The number of nitrogens with zero attached hydrogens (tertiary/aromatic N) is 1. The highest BCUT2D eigenvalue weighted by molar-refractivity contribution is 5.91. The quantitative estimate of drug-likeness (QED) is 0.458. The van der Waals surface area contributed by atoms with Crippen LogP contribution in [0.2, 0.25) is 0 Å². The van der Waals surface area contributed by atoms with Crippen molar-refractivity contribution in [3.05, 3.63) is 0 Å². The van der Waals surface area contributed by atoms with Crippen molar-refractivity contribution < 1.29 is 34.5 Å². The molecule has 20 heavy (non-hydrogen) atoms. The second kappa shape index (κ2) is 6.33. The fraction of sp³-hybridized carbons (Fsp3) is 0.636. The molecule has 2 amide bonds. The first-order valence-electron chi connectivity index (χ1n) is 5.92. The number of aliphatic hydroxyl groups excluding tert-OH is 1. The van der Waals surface area contributed by atoms with Crippen molar-refractivity contribution in [3.8, 4) is 0 Å². The molecular formula is C11H16N2O7. The summed E-state index contributed by atoms with van der Waals surface area (Å²) in [5.74, 6) is -4.06. The molecular weight excluding hydrogens is 272 g/mol. The van der Waals surface area contributed by atoms with Crippen LogP contribution in [0.15, 0.2) is 0 Å². The molecule has 1 aliphatic heterocycles. The molecule has 112 valence electrons. The van der Waals surface area contributed by atoms with Gasteiger partial charge in [0.15, 0.2) is 0 Å². The van der Waals surface area contributed by atoms with Crippen LogP contribution >= 0.6 is 0 Å². The number of carbonyl (C=O) groups is 4. The molecule has 0 radical (unpaired) electrons. The van der Waals surface area contributed by atoms with Crippen LogP contribution in [0.1, 0.15) is 19.8 Å². The summed E-state index contributed by atoms with van der Waals surface area (Å²) in [5.41, 5.74) is 0. The summed E-state index contributed by atoms with van der Waals surface area (Å²) in [5, 5.41) is 29.0. The number of nitrogens with one attached hydrogen (secondary N) is 1. The summed E-state index contributed by atoms with van der Waals surface area (Å²) >= 11 is 0. The fourth-order valence-corrected chi connectivity index (χ4v) is 2.05. The van der Waals surface area contributed by atoms with Crippen LogP contribution < -0.4 is 5.32 Å². The number of β-amino-alcohol motifs (C(OH)–C–C–N with tert-alkyl or cyclic N) is 1. The number of rotatable bonds is 5. The first kappa shape index (κ1) is 15.9. The van der Waals surface area contributed by atoms with Crippen LogP contribution in [0.4, 0.5) is 0 Å². The van der Waals surface area contributed by atoms with Gasteiger partial charge in [0, 0.05) is 19.9 Å². The fourth-order valence-electron chi connectivity index (χ4n) is 2.05. The minimum Gasteiger partial charge on any atom is -0.481 e. The standard InChI is InChI=1S/C11H16N2O7/c1-5(14)13-4-6(15)2-8(13)10(18)12-7(11(19)20)3-9(16)17/h6-8,15H,2-4H2,1H3,(H,12,18)(H,16,17)(H,19,20)/t6-,7-,8+/m1/s1. The van der Waals surface area contributed by atoms with E-state index in [-0.39, 0.29) is 13.0 Å². The van der Waals surface area contributed by atoms with Gasteiger partial charge in [-0.3, -0.25) is 14.4 Å². The first-order valence-corrected chi connectivity index (χ1v) is 5.92. The van der Waals surface area contributed by atoms with E-state index in [4.69, 9.17) is 10.2 Å². The molecule has 9 nitrogen and oxygen atoms in total. The third kappa shape index (κ3) is 3.92. The Morgan fingerprint density at radius 3 is 2.35 bits per heavy atom. The lowest BCUT2D eigenvalue weighted by Gasteiger charge is -2.23. The molecule has 0 spiro atoms. The van der Waals surface area contributed by atoms with Gasteiger partial charge >= 0.3 is 11.9 Å². The third-order valence-corrected chi connectivity index (χ3v) is 2.98. The molecule has 1 aliphatic rings. The molecule has 9 heteroatoms. The van der Waals surface area contributed by atoms with E-state index in [0.717, 1.165) is 4.90 Å². The van der Waals surface area contributed by atoms with E-state index in [9.17, 15) is 24.3 Å². The number of hydrogen-bond donors (Lipinski definition) is 4. The number of aliphatic carboxylic acids is 2. The second-order valence-corrected chi connectivity index (χ2v) is 4.57. The maximum absolute atomic E-state index is 11.9. The number of amides is 2. The Balaban J connectivity index is 2.75. The molecule has 1 rings (SSSR count). The van der Waals surface area contributed by atoms with Crippen LogP contribution in [0.5, 0.6) is 0 Å². The van der Waals surface area contributed by atoms with Gasteiger partial charge in [0.1, 0.15) is 12.1 Å². The molecule has 0 saturated carbocycles. The van der Waals surface area contributed by atoms with E-state index < -0.39 is 48.4 Å². The van der Waals surface area contributed by atoms with Gasteiger partial charge in [-0.25, -0.2) is 4.79 Å². The average molecular weight is 288 g/mol. The summed E-state index contributed by atoms with van der Waals surface area (Å²) < 4.78 is 0. The van der Waals surface area contributed by atoms with Crippen molar-refractivity contribution in [2.45, 2.75) is 38.0 Å². The van der Waals surface area contributed by atoms with Crippen molar-refractivity contribution >= 4 is 23.8 Å². The number of hydrogen-bond acceptors (Lipinski definition) is 5. The number of carbonyl (C=O) groups excluding carboxylic acids is 2. The number of likely N-dealkylation sites (tertiary alicyclic amines) is 1. The normalized spacial score (nSPS) is 23.2. The van der Waals surface area contributed by atoms with Crippen molar-refractivity contribution in [2.24, 2.45) is 0 Å². The number of aliphatic hydroxyl groups is 1. The highest BCUT2D eigenvalue weighted by Crippen LogP contribution is 2.18. The van der Waals surface area contributed by atoms with E-state index in [1.165, 1.54) is 6.92 Å². The Labute approximate surface area is 114 Å². The Hall–Kier alpha value is -2.16. The molecule has 1 heterocycles. The van der Waals surface area contributed by atoms with Gasteiger partial charge in [0.25, 0.3) is 0 Å². The Morgan fingerprint density at radius 1 is 1.30 bits per heavy atom. The molecule has 0 aromatic heterocycles. The van der Waals surface area contributed by atoms with E-state index in [1.54, 1.807) is 0 Å². The van der Waals surface area contributed by atoms with Crippen LogP contribution in [0.25, 0.3) is 0 Å². The number of carboxylic acids is 2. The van der Waals surface area contributed by atoms with E-state index >= 15 is 0 Å². The lowest BCUT2D eigenvalue weighted by atomic mass is 10.1. The minimum absolute atomic E-state index is 0.00910. The zero-order valence-electron chi connectivity index (χ0n) is 10.8. The molecule has 0 aromatic carbocycles. The van der Waals surface area contributed by atoms with E-state index in [2.05, 4.69) is 5.32 Å². The summed E-state index contributed by atoms with van der Waals surface area (Å²) in [7, 11) is 0. The lowest BCUT2D eigenvalue weighted by molar-refractivity contribution is -0.148. The van der Waals surface area contributed by atoms with Crippen molar-refractivity contribution in [1.82, 2.24) is 10.2 Å². The van der Waals surface area contributed by atoms with Gasteiger partial charge < -0.3 is 25.5 Å². The van der Waals surface area contributed by atoms with E-state index in [0.29, 0.717) is 0 Å². The van der Waals surface area contributed by atoms with Gasteiger partial charge in [-0.05, 0) is 0 Å². The van der Waals surface area contributed by atoms with E-state index in [1.807, 2.05) is 0 Å². The molecule has 0 aromatic rings. The maximum Gasteiger partial charge on any atom is 0.326 e. The van der Waals surface area contributed by atoms with Gasteiger partial charge in [0.05, 0.1) is 12.5 Å². The largest absolute Gasteiger partial charge is 0.481 e. The van der Waals surface area contributed by atoms with Crippen LogP contribution in [0, 0.1) is 0 Å². The highest BCUT2D eigenvalue weighted by Gasteiger charge is 2.39. The third-order valence-electron chi connectivity index (χ3n) is 2.98. The Morgan fingerprint density at radius 2 is 1.90 bits per heavy atom. The van der Waals surface area contributed by atoms with Crippen LogP contribution in [-0.2, 0) is 19.2 Å². The van der Waals surface area contributed by atoms with Crippen molar-refractivity contribution in [3.63, 3.8) is 0 Å². The van der Waals surface area contributed by atoms with Crippen LogP contribution in [0.3, 0.4) is 0 Å².